The van der Waals surface area contributed by atoms with E-state index >= 15 is 0 Å². The van der Waals surface area contributed by atoms with E-state index in [9.17, 15) is 4.79 Å². The summed E-state index contributed by atoms with van der Waals surface area (Å²) in [6.07, 6.45) is 7.25. The van der Waals surface area contributed by atoms with Crippen LogP contribution < -0.4 is 15.5 Å². The van der Waals surface area contributed by atoms with Gasteiger partial charge in [-0.3, -0.25) is 4.79 Å². The molecule has 0 saturated heterocycles. The monoisotopic (exact) mass is 543 g/mol. The highest BCUT2D eigenvalue weighted by atomic mass is 35.5. The minimum atomic E-state index is -0.273. The highest BCUT2D eigenvalue weighted by molar-refractivity contribution is 6.33. The van der Waals surface area contributed by atoms with E-state index in [1.807, 2.05) is 34.1 Å². The summed E-state index contributed by atoms with van der Waals surface area (Å²) in [6.45, 7) is 8.28. The molecule has 0 saturated carbocycles. The number of anilines is 4. The minimum absolute atomic E-state index is 0.273. The third-order valence-electron chi connectivity index (χ3n) is 7.15. The Balaban J connectivity index is 1.51. The molecule has 2 aromatic carbocycles. The Morgan fingerprint density at radius 2 is 2.03 bits per heavy atom. The first-order valence-electron chi connectivity index (χ1n) is 13.1. The number of halogens is 1. The molecule has 1 aliphatic heterocycles. The van der Waals surface area contributed by atoms with Crippen LogP contribution in [0, 0.1) is 6.92 Å². The number of rotatable bonds is 9. The lowest BCUT2D eigenvalue weighted by atomic mass is 10.0. The van der Waals surface area contributed by atoms with Gasteiger partial charge in [-0.2, -0.15) is 0 Å². The van der Waals surface area contributed by atoms with Crippen LogP contribution >= 0.6 is 11.6 Å². The van der Waals surface area contributed by atoms with Crippen molar-refractivity contribution >= 4 is 51.4 Å². The first-order chi connectivity index (χ1) is 18.7. The summed E-state index contributed by atoms with van der Waals surface area (Å²) in [7, 11) is 6.09. The summed E-state index contributed by atoms with van der Waals surface area (Å²) in [5.41, 5.74) is 7.68. The van der Waals surface area contributed by atoms with Crippen molar-refractivity contribution in [2.75, 3.05) is 49.8 Å². The molecule has 0 spiro atoms. The maximum atomic E-state index is 12.3. The summed E-state index contributed by atoms with van der Waals surface area (Å²) in [6, 6.07) is 10.4. The molecule has 4 aromatic rings. The highest BCUT2D eigenvalue weighted by Crippen LogP contribution is 2.38. The van der Waals surface area contributed by atoms with Gasteiger partial charge in [-0.1, -0.05) is 36.4 Å². The van der Waals surface area contributed by atoms with E-state index in [-0.39, 0.29) is 5.91 Å². The lowest BCUT2D eigenvalue weighted by Crippen LogP contribution is -2.29. The molecule has 0 fully saturated rings. The Kier molecular flexibility index (Phi) is 7.59. The van der Waals surface area contributed by atoms with Crippen molar-refractivity contribution in [2.24, 2.45) is 0 Å². The van der Waals surface area contributed by atoms with E-state index < -0.39 is 0 Å². The lowest BCUT2D eigenvalue weighted by Gasteiger charge is -2.25. The maximum Gasteiger partial charge on any atom is 0.247 e. The van der Waals surface area contributed by atoms with Crippen LogP contribution in [0.2, 0.25) is 5.02 Å². The Labute approximate surface area is 234 Å². The first kappa shape index (κ1) is 26.7. The van der Waals surface area contributed by atoms with Crippen LogP contribution in [0.3, 0.4) is 0 Å². The number of carbonyl (C=O) groups excluding carboxylic acids is 1. The van der Waals surface area contributed by atoms with Gasteiger partial charge in [-0.15, -0.1) is 0 Å². The van der Waals surface area contributed by atoms with E-state index in [4.69, 9.17) is 16.6 Å². The van der Waals surface area contributed by atoms with Crippen molar-refractivity contribution in [3.63, 3.8) is 0 Å². The number of benzene rings is 2. The average molecular weight is 544 g/mol. The molecule has 5 rings (SSSR count). The summed E-state index contributed by atoms with van der Waals surface area (Å²) < 4.78 is 2.30. The molecule has 0 radical (unpaired) electrons. The fourth-order valence-electron chi connectivity index (χ4n) is 5.08. The standard InChI is InChI=1S/C30H34ClN7O/c1-6-27(39)33-25-16-24(19(2)15-26(25)37(5)14-13-36(3)4)34-30-32-17-23(31)28(35-30)22-18-38-12-8-10-20-9-7-11-21(22)29(20)38/h6-7,9,11,15-18H,1,8,10,12-14H2,2-5H3,(H,33,39)(H,32,34,35). The number of likely N-dealkylation sites (N-methyl/N-ethyl adjacent to an activating group) is 2. The molecule has 39 heavy (non-hydrogen) atoms. The molecule has 202 valence electrons. The Bertz CT molecular complexity index is 1560. The number of aromatic nitrogens is 3. The van der Waals surface area contributed by atoms with Crippen molar-refractivity contribution < 1.29 is 4.79 Å². The fraction of sp³-hybridized carbons (Fsp3) is 0.300. The highest BCUT2D eigenvalue weighted by Gasteiger charge is 2.20. The Morgan fingerprint density at radius 3 is 2.79 bits per heavy atom. The summed E-state index contributed by atoms with van der Waals surface area (Å²) >= 11 is 6.65. The van der Waals surface area contributed by atoms with Gasteiger partial charge in [0.25, 0.3) is 0 Å². The Hall–Kier alpha value is -3.88. The number of hydrogen-bond acceptors (Lipinski definition) is 6. The normalized spacial score (nSPS) is 12.6. The molecule has 8 nitrogen and oxygen atoms in total. The molecule has 2 N–H and O–H groups in total. The molecule has 0 aliphatic carbocycles. The van der Waals surface area contributed by atoms with Crippen LogP contribution in [0.1, 0.15) is 17.5 Å². The van der Waals surface area contributed by atoms with Crippen molar-refractivity contribution in [1.29, 1.82) is 0 Å². The predicted molar refractivity (Wildman–Crippen MR) is 161 cm³/mol. The van der Waals surface area contributed by atoms with E-state index in [0.29, 0.717) is 22.4 Å². The summed E-state index contributed by atoms with van der Waals surface area (Å²) in [5.74, 6) is 0.157. The molecule has 1 amide bonds. The number of aryl methyl sites for hydroxylation is 3. The summed E-state index contributed by atoms with van der Waals surface area (Å²) in [5, 5.41) is 7.96. The van der Waals surface area contributed by atoms with Crippen molar-refractivity contribution in [3.05, 3.63) is 71.5 Å². The zero-order chi connectivity index (χ0) is 27.7. The van der Waals surface area contributed by atoms with Crippen LogP contribution in [0.4, 0.5) is 23.0 Å². The van der Waals surface area contributed by atoms with Crippen molar-refractivity contribution in [1.82, 2.24) is 19.4 Å². The predicted octanol–water partition coefficient (Wildman–Crippen LogP) is 5.87. The Morgan fingerprint density at radius 1 is 1.21 bits per heavy atom. The largest absolute Gasteiger partial charge is 0.372 e. The van der Waals surface area contributed by atoms with Gasteiger partial charge in [0.05, 0.1) is 33.8 Å². The molecule has 0 atom stereocenters. The van der Waals surface area contributed by atoms with Gasteiger partial charge in [-0.05, 0) is 63.2 Å². The van der Waals surface area contributed by atoms with Gasteiger partial charge < -0.3 is 25.0 Å². The van der Waals surface area contributed by atoms with Gasteiger partial charge in [0.1, 0.15) is 0 Å². The number of para-hydroxylation sites is 1. The second-order valence-electron chi connectivity index (χ2n) is 10.3. The minimum Gasteiger partial charge on any atom is -0.372 e. The number of amides is 1. The number of hydrogen-bond donors (Lipinski definition) is 2. The smallest absolute Gasteiger partial charge is 0.247 e. The van der Waals surface area contributed by atoms with Crippen LogP contribution in [0.5, 0.6) is 0 Å². The van der Waals surface area contributed by atoms with Gasteiger partial charge in [0.15, 0.2) is 0 Å². The van der Waals surface area contributed by atoms with Crippen LogP contribution in [-0.2, 0) is 17.8 Å². The van der Waals surface area contributed by atoms with E-state index in [1.165, 1.54) is 17.2 Å². The molecular formula is C30H34ClN7O. The lowest BCUT2D eigenvalue weighted by molar-refractivity contribution is -0.111. The zero-order valence-corrected chi connectivity index (χ0v) is 23.6. The number of nitrogens with zero attached hydrogens (tertiary/aromatic N) is 5. The number of carbonyl (C=O) groups is 1. The fourth-order valence-corrected chi connectivity index (χ4v) is 5.27. The van der Waals surface area contributed by atoms with Gasteiger partial charge >= 0.3 is 0 Å². The third-order valence-corrected chi connectivity index (χ3v) is 7.43. The van der Waals surface area contributed by atoms with E-state index in [0.717, 1.165) is 60.4 Å². The van der Waals surface area contributed by atoms with Crippen LogP contribution in [0.25, 0.3) is 22.2 Å². The second kappa shape index (κ2) is 11.1. The van der Waals surface area contributed by atoms with Crippen molar-refractivity contribution in [2.45, 2.75) is 26.3 Å². The topological polar surface area (TPSA) is 78.3 Å². The van der Waals surface area contributed by atoms with Gasteiger partial charge in [-0.25, -0.2) is 9.97 Å². The van der Waals surface area contributed by atoms with Crippen LogP contribution in [-0.4, -0.2) is 59.6 Å². The molecule has 3 heterocycles. The van der Waals surface area contributed by atoms with Gasteiger partial charge in [0.2, 0.25) is 11.9 Å². The SMILES string of the molecule is C=CC(=O)Nc1cc(Nc2ncc(Cl)c(-c3cn4c5c(cccc35)CCC4)n2)c(C)cc1N(C)CCN(C)C. The summed E-state index contributed by atoms with van der Waals surface area (Å²) in [4.78, 5) is 25.8. The van der Waals surface area contributed by atoms with Crippen LogP contribution in [0.15, 0.2) is 55.4 Å². The molecule has 0 unspecified atom stereocenters. The molecule has 1 aliphatic rings. The van der Waals surface area contributed by atoms with E-state index in [2.05, 4.69) is 67.0 Å². The molecule has 2 aromatic heterocycles. The maximum absolute atomic E-state index is 12.3. The quantitative estimate of drug-likeness (QED) is 0.257. The third kappa shape index (κ3) is 5.48. The zero-order valence-electron chi connectivity index (χ0n) is 22.9. The molecule has 9 heteroatoms. The average Bonchev–Trinajstić information content (AvgIpc) is 3.30. The van der Waals surface area contributed by atoms with E-state index in [1.54, 1.807) is 6.20 Å². The van der Waals surface area contributed by atoms with Gasteiger partial charge in [0, 0.05) is 49.5 Å². The second-order valence-corrected chi connectivity index (χ2v) is 10.7. The molecular weight excluding hydrogens is 510 g/mol. The first-order valence-corrected chi connectivity index (χ1v) is 13.5. The number of nitrogens with one attached hydrogen (secondary N) is 2. The molecule has 0 bridgehead atoms. The van der Waals surface area contributed by atoms with Crippen molar-refractivity contribution in [3.8, 4) is 11.3 Å².